The molecule has 0 saturated carbocycles. The van der Waals surface area contributed by atoms with Crippen molar-refractivity contribution in [3.8, 4) is 5.75 Å². The molecule has 1 heterocycles. The second kappa shape index (κ2) is 5.97. The minimum atomic E-state index is -0.0695. The highest BCUT2D eigenvalue weighted by molar-refractivity contribution is 7.80. The molecule has 0 fully saturated rings. The molecule has 0 aromatic carbocycles. The molecule has 6 heteroatoms. The minimum Gasteiger partial charge on any atom is -0.495 e. The van der Waals surface area contributed by atoms with Gasteiger partial charge in [0.15, 0.2) is 0 Å². The lowest BCUT2D eigenvalue weighted by molar-refractivity contribution is 0.0788. The summed E-state index contributed by atoms with van der Waals surface area (Å²) in [4.78, 5) is 14.7. The molecule has 17 heavy (non-hydrogen) atoms. The first-order valence-corrected chi connectivity index (χ1v) is 6.42. The highest BCUT2D eigenvalue weighted by Gasteiger charge is 2.20. The standard InChI is InChI=1S/C11H16N2O2S2/c1-7(10(12)16)6-13(2)11(14)9-8(15-3)4-5-17-9/h4-5,7H,6H2,1-3H3,(H2,12,16). The molecule has 1 atom stereocenters. The number of carbonyl (C=O) groups is 1. The van der Waals surface area contributed by atoms with Crippen LogP contribution >= 0.6 is 23.6 Å². The molecule has 4 nitrogen and oxygen atoms in total. The van der Waals surface area contributed by atoms with Crippen LogP contribution in [0.4, 0.5) is 0 Å². The number of rotatable bonds is 5. The van der Waals surface area contributed by atoms with Crippen LogP contribution in [0.2, 0.25) is 0 Å². The van der Waals surface area contributed by atoms with Gasteiger partial charge in [0.05, 0.1) is 12.1 Å². The van der Waals surface area contributed by atoms with Gasteiger partial charge in [0.1, 0.15) is 10.6 Å². The number of carbonyl (C=O) groups excluding carboxylic acids is 1. The fourth-order valence-electron chi connectivity index (χ4n) is 1.37. The molecule has 1 rings (SSSR count). The van der Waals surface area contributed by atoms with E-state index in [4.69, 9.17) is 22.7 Å². The van der Waals surface area contributed by atoms with Crippen LogP contribution in [0, 0.1) is 5.92 Å². The van der Waals surface area contributed by atoms with Crippen LogP contribution < -0.4 is 10.5 Å². The lowest BCUT2D eigenvalue weighted by Gasteiger charge is -2.20. The summed E-state index contributed by atoms with van der Waals surface area (Å²) in [6.07, 6.45) is 0. The van der Waals surface area contributed by atoms with E-state index in [1.807, 2.05) is 12.3 Å². The van der Waals surface area contributed by atoms with E-state index in [2.05, 4.69) is 0 Å². The van der Waals surface area contributed by atoms with E-state index in [1.165, 1.54) is 11.3 Å². The largest absolute Gasteiger partial charge is 0.495 e. The molecule has 0 saturated heterocycles. The first kappa shape index (κ1) is 13.9. The first-order chi connectivity index (χ1) is 7.97. The molecule has 1 unspecified atom stereocenters. The molecule has 0 spiro atoms. The number of hydrogen-bond donors (Lipinski definition) is 1. The van der Waals surface area contributed by atoms with E-state index < -0.39 is 0 Å². The first-order valence-electron chi connectivity index (χ1n) is 5.13. The second-order valence-corrected chi connectivity index (χ2v) is 5.19. The summed E-state index contributed by atoms with van der Waals surface area (Å²) in [6.45, 7) is 2.41. The van der Waals surface area contributed by atoms with E-state index in [9.17, 15) is 4.79 Å². The van der Waals surface area contributed by atoms with Crippen molar-refractivity contribution in [3.05, 3.63) is 16.3 Å². The van der Waals surface area contributed by atoms with E-state index in [1.54, 1.807) is 25.1 Å². The van der Waals surface area contributed by atoms with Crippen LogP contribution in [0.3, 0.4) is 0 Å². The molecular formula is C11H16N2O2S2. The molecule has 2 N–H and O–H groups in total. The third-order valence-corrected chi connectivity index (χ3v) is 3.71. The van der Waals surface area contributed by atoms with Crippen LogP contribution in [-0.2, 0) is 0 Å². The molecule has 1 amide bonds. The summed E-state index contributed by atoms with van der Waals surface area (Å²) in [5, 5.41) is 1.83. The van der Waals surface area contributed by atoms with Gasteiger partial charge in [0, 0.05) is 19.5 Å². The van der Waals surface area contributed by atoms with Gasteiger partial charge in [-0.15, -0.1) is 11.3 Å². The zero-order chi connectivity index (χ0) is 13.0. The van der Waals surface area contributed by atoms with Gasteiger partial charge in [-0.3, -0.25) is 4.79 Å². The van der Waals surface area contributed by atoms with E-state index in [-0.39, 0.29) is 11.8 Å². The highest BCUT2D eigenvalue weighted by Crippen LogP contribution is 2.25. The summed E-state index contributed by atoms with van der Waals surface area (Å²) in [5.74, 6) is 0.541. The van der Waals surface area contributed by atoms with Crippen LogP contribution in [0.15, 0.2) is 11.4 Å². The van der Waals surface area contributed by atoms with Crippen molar-refractivity contribution < 1.29 is 9.53 Å². The fourth-order valence-corrected chi connectivity index (χ4v) is 2.30. The molecule has 0 aliphatic rings. The number of methoxy groups -OCH3 is 1. The Morgan fingerprint density at radius 1 is 1.71 bits per heavy atom. The van der Waals surface area contributed by atoms with Crippen molar-refractivity contribution in [1.29, 1.82) is 0 Å². The molecule has 1 aromatic rings. The maximum atomic E-state index is 12.1. The molecule has 1 aromatic heterocycles. The molecule has 0 bridgehead atoms. The van der Waals surface area contributed by atoms with Crippen molar-refractivity contribution in [3.63, 3.8) is 0 Å². The quantitative estimate of drug-likeness (QED) is 0.830. The number of amides is 1. The third kappa shape index (κ3) is 3.41. The zero-order valence-corrected chi connectivity index (χ0v) is 11.7. The Bertz CT molecular complexity index is 417. The number of hydrogen-bond acceptors (Lipinski definition) is 4. The Morgan fingerprint density at radius 3 is 2.88 bits per heavy atom. The number of ether oxygens (including phenoxy) is 1. The minimum absolute atomic E-state index is 0.00454. The molecule has 0 aliphatic heterocycles. The maximum Gasteiger partial charge on any atom is 0.267 e. The lowest BCUT2D eigenvalue weighted by Crippen LogP contribution is -2.35. The van der Waals surface area contributed by atoms with Crippen molar-refractivity contribution in [2.45, 2.75) is 6.92 Å². The number of nitrogens with zero attached hydrogens (tertiary/aromatic N) is 1. The van der Waals surface area contributed by atoms with Gasteiger partial charge >= 0.3 is 0 Å². The zero-order valence-electron chi connectivity index (χ0n) is 10.1. The van der Waals surface area contributed by atoms with Crippen molar-refractivity contribution >= 4 is 34.5 Å². The van der Waals surface area contributed by atoms with Gasteiger partial charge in [-0.2, -0.15) is 0 Å². The van der Waals surface area contributed by atoms with E-state index in [0.29, 0.717) is 22.2 Å². The number of nitrogens with two attached hydrogens (primary N) is 1. The Balaban J connectivity index is 2.73. The topological polar surface area (TPSA) is 55.6 Å². The molecule has 94 valence electrons. The summed E-state index contributed by atoms with van der Waals surface area (Å²) < 4.78 is 5.12. The van der Waals surface area contributed by atoms with Crippen molar-refractivity contribution in [1.82, 2.24) is 4.90 Å². The van der Waals surface area contributed by atoms with Crippen molar-refractivity contribution in [2.75, 3.05) is 20.7 Å². The van der Waals surface area contributed by atoms with Gasteiger partial charge in [0.25, 0.3) is 5.91 Å². The van der Waals surface area contributed by atoms with Crippen LogP contribution in [0.25, 0.3) is 0 Å². The van der Waals surface area contributed by atoms with Crippen LogP contribution in [0.5, 0.6) is 5.75 Å². The van der Waals surface area contributed by atoms with Crippen molar-refractivity contribution in [2.24, 2.45) is 11.7 Å². The Labute approximate surface area is 110 Å². The Morgan fingerprint density at radius 2 is 2.35 bits per heavy atom. The predicted octanol–water partition coefficient (Wildman–Crippen LogP) is 1.75. The predicted molar refractivity (Wildman–Crippen MR) is 73.8 cm³/mol. The van der Waals surface area contributed by atoms with Gasteiger partial charge in [-0.05, 0) is 11.4 Å². The molecule has 0 aliphatic carbocycles. The fraction of sp³-hybridized carbons (Fsp3) is 0.455. The summed E-state index contributed by atoms with van der Waals surface area (Å²) in [5.41, 5.74) is 5.53. The SMILES string of the molecule is COc1ccsc1C(=O)N(C)CC(C)C(N)=S. The Kier molecular flexibility index (Phi) is 4.89. The Hall–Kier alpha value is -1.14. The highest BCUT2D eigenvalue weighted by atomic mass is 32.1. The monoisotopic (exact) mass is 272 g/mol. The summed E-state index contributed by atoms with van der Waals surface area (Å²) in [6, 6.07) is 1.78. The summed E-state index contributed by atoms with van der Waals surface area (Å²) >= 11 is 6.26. The normalized spacial score (nSPS) is 11.9. The van der Waals surface area contributed by atoms with Gasteiger partial charge in [0.2, 0.25) is 0 Å². The average Bonchev–Trinajstić information content (AvgIpc) is 2.75. The summed E-state index contributed by atoms with van der Waals surface area (Å²) in [7, 11) is 3.28. The number of thiocarbonyl (C=S) groups is 1. The molecular weight excluding hydrogens is 256 g/mol. The maximum absolute atomic E-state index is 12.1. The van der Waals surface area contributed by atoms with Gasteiger partial charge in [-0.1, -0.05) is 19.1 Å². The number of thiophene rings is 1. The van der Waals surface area contributed by atoms with Gasteiger partial charge in [-0.25, -0.2) is 0 Å². The van der Waals surface area contributed by atoms with Gasteiger partial charge < -0.3 is 15.4 Å². The smallest absolute Gasteiger partial charge is 0.267 e. The van der Waals surface area contributed by atoms with E-state index in [0.717, 1.165) is 0 Å². The second-order valence-electron chi connectivity index (χ2n) is 3.81. The van der Waals surface area contributed by atoms with Crippen LogP contribution in [0.1, 0.15) is 16.6 Å². The van der Waals surface area contributed by atoms with E-state index >= 15 is 0 Å². The van der Waals surface area contributed by atoms with Crippen LogP contribution in [-0.4, -0.2) is 36.5 Å². The third-order valence-electron chi connectivity index (χ3n) is 2.42. The average molecular weight is 272 g/mol. The lowest BCUT2D eigenvalue weighted by atomic mass is 10.1. The molecule has 0 radical (unpaired) electrons.